The van der Waals surface area contributed by atoms with Gasteiger partial charge in [-0.1, -0.05) is 0 Å². The van der Waals surface area contributed by atoms with Gasteiger partial charge in [0.15, 0.2) is 0 Å². The molecular weight excluding hydrogens is 196 g/mol. The molecule has 1 saturated carbocycles. The zero-order chi connectivity index (χ0) is 11.0. The van der Waals surface area contributed by atoms with Gasteiger partial charge >= 0.3 is 0 Å². The van der Waals surface area contributed by atoms with Gasteiger partial charge in [-0.2, -0.15) is 5.10 Å². The van der Waals surface area contributed by atoms with Crippen LogP contribution >= 0.6 is 0 Å². The van der Waals surface area contributed by atoms with E-state index in [0.717, 1.165) is 0 Å². The number of aryl methyl sites for hydroxylation is 1. The van der Waals surface area contributed by atoms with E-state index in [1.165, 1.54) is 10.9 Å². The summed E-state index contributed by atoms with van der Waals surface area (Å²) in [6.07, 6.45) is 2.40. The van der Waals surface area contributed by atoms with Crippen LogP contribution in [0.4, 0.5) is 5.69 Å². The van der Waals surface area contributed by atoms with Crippen LogP contribution < -0.4 is 11.1 Å². The fourth-order valence-electron chi connectivity index (χ4n) is 1.69. The fourth-order valence-corrected chi connectivity index (χ4v) is 1.69. The number of aromatic nitrogens is 2. The van der Waals surface area contributed by atoms with Crippen LogP contribution in [0.1, 0.15) is 23.3 Å². The van der Waals surface area contributed by atoms with Crippen LogP contribution in [-0.4, -0.2) is 32.9 Å². The van der Waals surface area contributed by atoms with Gasteiger partial charge in [0.2, 0.25) is 0 Å². The molecule has 1 aromatic heterocycles. The molecule has 0 saturated heterocycles. The van der Waals surface area contributed by atoms with Gasteiger partial charge < -0.3 is 16.2 Å². The number of aliphatic hydroxyl groups excluding tert-OH is 1. The zero-order valence-corrected chi connectivity index (χ0v) is 8.47. The molecule has 0 spiro atoms. The van der Waals surface area contributed by atoms with E-state index in [9.17, 15) is 4.79 Å². The first-order valence-corrected chi connectivity index (χ1v) is 4.84. The summed E-state index contributed by atoms with van der Waals surface area (Å²) in [7, 11) is 1.67. The molecule has 1 heterocycles. The lowest BCUT2D eigenvalue weighted by Gasteiger charge is -2.31. The topological polar surface area (TPSA) is 93.2 Å². The second kappa shape index (κ2) is 3.54. The van der Waals surface area contributed by atoms with Gasteiger partial charge in [0.1, 0.15) is 5.69 Å². The molecule has 6 heteroatoms. The summed E-state index contributed by atoms with van der Waals surface area (Å²) in [5, 5.41) is 15.8. The normalized spacial score (nSPS) is 24.7. The van der Waals surface area contributed by atoms with E-state index in [1.54, 1.807) is 7.05 Å². The van der Waals surface area contributed by atoms with Crippen molar-refractivity contribution < 1.29 is 9.90 Å². The van der Waals surface area contributed by atoms with Gasteiger partial charge in [0.25, 0.3) is 5.91 Å². The standard InChI is InChI=1S/C9H14N4O2/c1-13-8(7(10)4-11-13)9(15)12-5-2-6(14)3-5/h4-6,14H,2-3,10H2,1H3,(H,12,15). The number of nitrogens with two attached hydrogens (primary N) is 1. The van der Waals surface area contributed by atoms with Crippen molar-refractivity contribution in [1.82, 2.24) is 15.1 Å². The molecule has 4 N–H and O–H groups in total. The van der Waals surface area contributed by atoms with Gasteiger partial charge in [-0.05, 0) is 12.8 Å². The van der Waals surface area contributed by atoms with Crippen molar-refractivity contribution in [3.8, 4) is 0 Å². The Labute approximate surface area is 87.1 Å². The predicted molar refractivity (Wildman–Crippen MR) is 54.1 cm³/mol. The maximum Gasteiger partial charge on any atom is 0.271 e. The van der Waals surface area contributed by atoms with E-state index in [2.05, 4.69) is 10.4 Å². The Morgan fingerprint density at radius 2 is 2.40 bits per heavy atom. The highest BCUT2D eigenvalue weighted by molar-refractivity contribution is 5.97. The van der Waals surface area contributed by atoms with Crippen molar-refractivity contribution in [3.63, 3.8) is 0 Å². The van der Waals surface area contributed by atoms with E-state index >= 15 is 0 Å². The number of hydrogen-bond acceptors (Lipinski definition) is 4. The first-order valence-electron chi connectivity index (χ1n) is 4.84. The number of amides is 1. The van der Waals surface area contributed by atoms with Crippen molar-refractivity contribution >= 4 is 11.6 Å². The molecule has 0 unspecified atom stereocenters. The van der Waals surface area contributed by atoms with Crippen LogP contribution in [0.5, 0.6) is 0 Å². The summed E-state index contributed by atoms with van der Waals surface area (Å²) in [6, 6.07) is 0.0572. The van der Waals surface area contributed by atoms with Crippen LogP contribution in [0.2, 0.25) is 0 Å². The molecule has 1 fully saturated rings. The minimum Gasteiger partial charge on any atom is -0.396 e. The number of hydrogen-bond donors (Lipinski definition) is 3. The first-order chi connectivity index (χ1) is 7.08. The predicted octanol–water partition coefficient (Wildman–Crippen LogP) is -0.745. The van der Waals surface area contributed by atoms with Crippen molar-refractivity contribution in [2.24, 2.45) is 7.05 Å². The summed E-state index contributed by atoms with van der Waals surface area (Å²) < 4.78 is 1.44. The number of rotatable bonds is 2. The minimum atomic E-state index is -0.279. The van der Waals surface area contributed by atoms with E-state index < -0.39 is 0 Å². The fraction of sp³-hybridized carbons (Fsp3) is 0.556. The second-order valence-electron chi connectivity index (χ2n) is 3.87. The van der Waals surface area contributed by atoms with E-state index in [4.69, 9.17) is 10.8 Å². The third-order valence-electron chi connectivity index (χ3n) is 2.63. The molecule has 1 amide bonds. The number of anilines is 1. The molecule has 1 aliphatic carbocycles. The summed E-state index contributed by atoms with van der Waals surface area (Å²) >= 11 is 0. The second-order valence-corrected chi connectivity index (χ2v) is 3.87. The highest BCUT2D eigenvalue weighted by Gasteiger charge is 2.29. The van der Waals surface area contributed by atoms with Gasteiger partial charge in [-0.25, -0.2) is 0 Å². The molecular formula is C9H14N4O2. The zero-order valence-electron chi connectivity index (χ0n) is 8.47. The van der Waals surface area contributed by atoms with Crippen LogP contribution in [0.15, 0.2) is 6.20 Å². The lowest BCUT2D eigenvalue weighted by molar-refractivity contribution is 0.0559. The summed E-state index contributed by atoms with van der Waals surface area (Å²) in [6.45, 7) is 0. The van der Waals surface area contributed by atoms with Crippen molar-refractivity contribution in [3.05, 3.63) is 11.9 Å². The maximum absolute atomic E-state index is 11.7. The smallest absolute Gasteiger partial charge is 0.271 e. The lowest BCUT2D eigenvalue weighted by atomic mass is 9.89. The van der Waals surface area contributed by atoms with Gasteiger partial charge in [-0.15, -0.1) is 0 Å². The summed E-state index contributed by atoms with van der Waals surface area (Å²) in [4.78, 5) is 11.7. The Morgan fingerprint density at radius 3 is 2.87 bits per heavy atom. The van der Waals surface area contributed by atoms with Gasteiger partial charge in [-0.3, -0.25) is 9.48 Å². The number of carbonyl (C=O) groups excluding carboxylic acids is 1. The van der Waals surface area contributed by atoms with Crippen LogP contribution in [0.3, 0.4) is 0 Å². The Morgan fingerprint density at radius 1 is 1.73 bits per heavy atom. The minimum absolute atomic E-state index is 0.0572. The molecule has 1 aliphatic rings. The Bertz CT molecular complexity index is 362. The number of nitrogens with zero attached hydrogens (tertiary/aromatic N) is 2. The highest BCUT2D eigenvalue weighted by atomic mass is 16.3. The number of nitrogen functional groups attached to an aromatic ring is 1. The Kier molecular flexibility index (Phi) is 2.36. The number of carbonyl (C=O) groups is 1. The molecule has 6 nitrogen and oxygen atoms in total. The third-order valence-corrected chi connectivity index (χ3v) is 2.63. The van der Waals surface area contributed by atoms with Crippen molar-refractivity contribution in [2.75, 3.05) is 5.73 Å². The number of aliphatic hydroxyl groups is 1. The third kappa shape index (κ3) is 1.80. The molecule has 0 atom stereocenters. The molecule has 1 aromatic rings. The Hall–Kier alpha value is -1.56. The molecule has 0 aliphatic heterocycles. The van der Waals surface area contributed by atoms with E-state index in [1.807, 2.05) is 0 Å². The van der Waals surface area contributed by atoms with Crippen LogP contribution in [0, 0.1) is 0 Å². The first kappa shape index (κ1) is 9.97. The van der Waals surface area contributed by atoms with Crippen LogP contribution in [-0.2, 0) is 7.05 Å². The molecule has 0 aromatic carbocycles. The van der Waals surface area contributed by atoms with Crippen molar-refractivity contribution in [1.29, 1.82) is 0 Å². The monoisotopic (exact) mass is 210 g/mol. The average molecular weight is 210 g/mol. The lowest BCUT2D eigenvalue weighted by Crippen LogP contribution is -2.47. The largest absolute Gasteiger partial charge is 0.396 e. The molecule has 0 radical (unpaired) electrons. The molecule has 0 bridgehead atoms. The highest BCUT2D eigenvalue weighted by Crippen LogP contribution is 2.20. The SMILES string of the molecule is Cn1ncc(N)c1C(=O)NC1CC(O)C1. The number of nitrogens with one attached hydrogen (secondary N) is 1. The molecule has 15 heavy (non-hydrogen) atoms. The quantitative estimate of drug-likeness (QED) is 0.599. The van der Waals surface area contributed by atoms with Gasteiger partial charge in [0.05, 0.1) is 18.0 Å². The average Bonchev–Trinajstić information content (AvgIpc) is 2.43. The maximum atomic E-state index is 11.7. The molecule has 2 rings (SSSR count). The van der Waals surface area contributed by atoms with Gasteiger partial charge in [0, 0.05) is 13.1 Å². The molecule has 82 valence electrons. The van der Waals surface area contributed by atoms with E-state index in [0.29, 0.717) is 24.2 Å². The summed E-state index contributed by atoms with van der Waals surface area (Å²) in [5.74, 6) is -0.232. The Balaban J connectivity index is 2.02. The van der Waals surface area contributed by atoms with E-state index in [-0.39, 0.29) is 18.1 Å². The van der Waals surface area contributed by atoms with Crippen molar-refractivity contribution in [2.45, 2.75) is 25.0 Å². The summed E-state index contributed by atoms with van der Waals surface area (Å²) in [5.41, 5.74) is 6.35. The van der Waals surface area contributed by atoms with Crippen LogP contribution in [0.25, 0.3) is 0 Å².